The Balaban J connectivity index is 2.14. The van der Waals surface area contributed by atoms with Gasteiger partial charge in [0, 0.05) is 6.26 Å². The van der Waals surface area contributed by atoms with Crippen molar-refractivity contribution < 1.29 is 26.0 Å². The summed E-state index contributed by atoms with van der Waals surface area (Å²) < 4.78 is 61.3. The minimum absolute atomic E-state index is 0.0443. The summed E-state index contributed by atoms with van der Waals surface area (Å²) in [5.41, 5.74) is 0.695. The average molecular weight is 429 g/mol. The maximum Gasteiger partial charge on any atom is 0.241 e. The number of nitrogens with zero attached hydrogens (tertiary/aromatic N) is 1. The SMILES string of the molecule is C[C@H](NC(=O)CN(c1cccc(F)c1)S(C)(=O)=O)c1ccc(S(C)(=O)=O)cc1. The maximum absolute atomic E-state index is 13.4. The molecule has 0 heterocycles. The lowest BCUT2D eigenvalue weighted by molar-refractivity contribution is -0.120. The Morgan fingerprint density at radius 3 is 2.18 bits per heavy atom. The fraction of sp³-hybridized carbons (Fsp3) is 0.278. The van der Waals surface area contributed by atoms with Gasteiger partial charge in [0.1, 0.15) is 12.4 Å². The van der Waals surface area contributed by atoms with Crippen LogP contribution in [0.4, 0.5) is 10.1 Å². The van der Waals surface area contributed by atoms with Crippen molar-refractivity contribution in [2.75, 3.05) is 23.4 Å². The van der Waals surface area contributed by atoms with Crippen molar-refractivity contribution in [2.45, 2.75) is 17.9 Å². The van der Waals surface area contributed by atoms with E-state index in [2.05, 4.69) is 5.32 Å². The highest BCUT2D eigenvalue weighted by atomic mass is 32.2. The summed E-state index contributed by atoms with van der Waals surface area (Å²) in [4.78, 5) is 12.5. The van der Waals surface area contributed by atoms with E-state index in [0.29, 0.717) is 5.56 Å². The van der Waals surface area contributed by atoms with Gasteiger partial charge in [0.15, 0.2) is 9.84 Å². The molecule has 0 bridgehead atoms. The quantitative estimate of drug-likeness (QED) is 0.726. The molecule has 152 valence electrons. The number of sulfone groups is 1. The third-order valence-corrected chi connectivity index (χ3v) is 6.24. The Kier molecular flexibility index (Phi) is 6.45. The summed E-state index contributed by atoms with van der Waals surface area (Å²) in [5.74, 6) is -1.21. The second-order valence-electron chi connectivity index (χ2n) is 6.38. The van der Waals surface area contributed by atoms with E-state index in [1.165, 1.54) is 30.3 Å². The molecular formula is C18H21FN2O5S2. The topological polar surface area (TPSA) is 101 Å². The summed E-state index contributed by atoms with van der Waals surface area (Å²) in [7, 11) is -7.14. The molecule has 7 nitrogen and oxygen atoms in total. The number of anilines is 1. The first-order valence-electron chi connectivity index (χ1n) is 8.20. The molecule has 2 aromatic rings. The Hall–Kier alpha value is -2.46. The summed E-state index contributed by atoms with van der Waals surface area (Å²) in [5, 5.41) is 2.65. The van der Waals surface area contributed by atoms with Gasteiger partial charge in [0.05, 0.1) is 22.9 Å². The van der Waals surface area contributed by atoms with E-state index >= 15 is 0 Å². The van der Waals surface area contributed by atoms with Crippen LogP contribution in [-0.4, -0.2) is 41.8 Å². The number of rotatable bonds is 7. The molecule has 10 heteroatoms. The standard InChI is InChI=1S/C18H21FN2O5S2/c1-13(14-7-9-17(10-8-14)27(2,23)24)20-18(22)12-21(28(3,25)26)16-6-4-5-15(19)11-16/h4-11,13H,12H2,1-3H3,(H,20,22)/t13-/m0/s1. The first kappa shape index (κ1) is 21.8. The van der Waals surface area contributed by atoms with Crippen LogP contribution >= 0.6 is 0 Å². The van der Waals surface area contributed by atoms with Gasteiger partial charge in [-0.05, 0) is 42.8 Å². The molecule has 0 unspecified atom stereocenters. The molecule has 28 heavy (non-hydrogen) atoms. The van der Waals surface area contributed by atoms with Gasteiger partial charge in [-0.3, -0.25) is 9.10 Å². The molecule has 0 aliphatic rings. The van der Waals surface area contributed by atoms with Gasteiger partial charge in [0.2, 0.25) is 15.9 Å². The van der Waals surface area contributed by atoms with Crippen molar-refractivity contribution in [1.29, 1.82) is 0 Å². The minimum Gasteiger partial charge on any atom is -0.348 e. The Morgan fingerprint density at radius 2 is 1.68 bits per heavy atom. The molecule has 0 saturated carbocycles. The van der Waals surface area contributed by atoms with Crippen LogP contribution in [0, 0.1) is 5.82 Å². The largest absolute Gasteiger partial charge is 0.348 e. The first-order valence-corrected chi connectivity index (χ1v) is 11.9. The molecule has 0 fully saturated rings. The third kappa shape index (κ3) is 5.77. The molecule has 1 N–H and O–H groups in total. The predicted octanol–water partition coefficient (Wildman–Crippen LogP) is 1.87. The number of amides is 1. The second-order valence-corrected chi connectivity index (χ2v) is 10.3. The van der Waals surface area contributed by atoms with E-state index in [0.717, 1.165) is 22.9 Å². The Labute approximate surface area is 164 Å². The molecule has 0 radical (unpaired) electrons. The molecule has 2 aromatic carbocycles. The number of hydrogen-bond acceptors (Lipinski definition) is 5. The molecule has 0 saturated heterocycles. The number of nitrogens with one attached hydrogen (secondary N) is 1. The minimum atomic E-state index is -3.81. The maximum atomic E-state index is 13.4. The first-order chi connectivity index (χ1) is 12.9. The zero-order chi connectivity index (χ0) is 21.1. The zero-order valence-electron chi connectivity index (χ0n) is 15.6. The highest BCUT2D eigenvalue weighted by Gasteiger charge is 2.22. The molecule has 1 atom stereocenters. The monoisotopic (exact) mass is 428 g/mol. The molecule has 0 aliphatic heterocycles. The molecule has 0 aliphatic carbocycles. The number of sulfonamides is 1. The van der Waals surface area contributed by atoms with Gasteiger partial charge in [-0.1, -0.05) is 18.2 Å². The average Bonchev–Trinajstić information content (AvgIpc) is 2.58. The summed E-state index contributed by atoms with van der Waals surface area (Å²) in [6.45, 7) is 1.16. The normalized spacial score (nSPS) is 13.0. The molecule has 0 aromatic heterocycles. The van der Waals surface area contributed by atoms with Crippen LogP contribution in [0.5, 0.6) is 0 Å². The van der Waals surface area contributed by atoms with Gasteiger partial charge >= 0.3 is 0 Å². The smallest absolute Gasteiger partial charge is 0.241 e. The van der Waals surface area contributed by atoms with Crippen LogP contribution in [0.15, 0.2) is 53.4 Å². The van der Waals surface area contributed by atoms with Gasteiger partial charge in [-0.2, -0.15) is 0 Å². The zero-order valence-corrected chi connectivity index (χ0v) is 17.2. The van der Waals surface area contributed by atoms with Gasteiger partial charge < -0.3 is 5.32 Å². The number of benzene rings is 2. The predicted molar refractivity (Wildman–Crippen MR) is 105 cm³/mol. The summed E-state index contributed by atoms with van der Waals surface area (Å²) in [6, 6.07) is 10.5. The van der Waals surface area contributed by atoms with E-state index in [1.807, 2.05) is 0 Å². The van der Waals surface area contributed by atoms with Crippen molar-refractivity contribution in [3.63, 3.8) is 0 Å². The van der Waals surface area contributed by atoms with E-state index in [4.69, 9.17) is 0 Å². The van der Waals surface area contributed by atoms with Crippen LogP contribution in [0.25, 0.3) is 0 Å². The van der Waals surface area contributed by atoms with E-state index < -0.39 is 44.2 Å². The van der Waals surface area contributed by atoms with Gasteiger partial charge in [-0.15, -0.1) is 0 Å². The molecular weight excluding hydrogens is 407 g/mol. The Bertz CT molecular complexity index is 1070. The van der Waals surface area contributed by atoms with Gasteiger partial charge in [0.25, 0.3) is 0 Å². The second kappa shape index (κ2) is 8.27. The number of hydrogen-bond donors (Lipinski definition) is 1. The van der Waals surface area contributed by atoms with Crippen molar-refractivity contribution in [2.24, 2.45) is 0 Å². The number of halogens is 1. The fourth-order valence-corrected chi connectivity index (χ4v) is 4.01. The van der Waals surface area contributed by atoms with Crippen LogP contribution in [-0.2, 0) is 24.7 Å². The van der Waals surface area contributed by atoms with Crippen molar-refractivity contribution in [1.82, 2.24) is 5.32 Å². The summed E-state index contributed by atoms with van der Waals surface area (Å²) in [6.07, 6.45) is 2.03. The summed E-state index contributed by atoms with van der Waals surface area (Å²) >= 11 is 0. The fourth-order valence-electron chi connectivity index (χ4n) is 2.54. The van der Waals surface area contributed by atoms with E-state index in [1.54, 1.807) is 19.1 Å². The van der Waals surface area contributed by atoms with Crippen LogP contribution in [0.3, 0.4) is 0 Å². The van der Waals surface area contributed by atoms with Crippen molar-refractivity contribution >= 4 is 31.5 Å². The lowest BCUT2D eigenvalue weighted by Gasteiger charge is -2.23. The highest BCUT2D eigenvalue weighted by molar-refractivity contribution is 7.92. The lowest BCUT2D eigenvalue weighted by atomic mass is 10.1. The van der Waals surface area contributed by atoms with Crippen LogP contribution in [0.2, 0.25) is 0 Å². The van der Waals surface area contributed by atoms with Crippen LogP contribution < -0.4 is 9.62 Å². The lowest BCUT2D eigenvalue weighted by Crippen LogP contribution is -2.41. The highest BCUT2D eigenvalue weighted by Crippen LogP contribution is 2.19. The molecule has 2 rings (SSSR count). The van der Waals surface area contributed by atoms with Crippen LogP contribution in [0.1, 0.15) is 18.5 Å². The third-order valence-electron chi connectivity index (χ3n) is 3.97. The van der Waals surface area contributed by atoms with Crippen molar-refractivity contribution in [3.05, 3.63) is 59.9 Å². The number of carbonyl (C=O) groups excluding carboxylic acids is 1. The van der Waals surface area contributed by atoms with Crippen molar-refractivity contribution in [3.8, 4) is 0 Å². The number of carbonyl (C=O) groups is 1. The molecule has 0 spiro atoms. The molecule has 1 amide bonds. The Morgan fingerprint density at radius 1 is 1.07 bits per heavy atom. The van der Waals surface area contributed by atoms with Gasteiger partial charge in [-0.25, -0.2) is 21.2 Å². The van der Waals surface area contributed by atoms with E-state index in [-0.39, 0.29) is 10.6 Å². The van der Waals surface area contributed by atoms with E-state index in [9.17, 15) is 26.0 Å².